The normalized spacial score (nSPS) is 11.2. The predicted molar refractivity (Wildman–Crippen MR) is 125 cm³/mol. The van der Waals surface area contributed by atoms with Crippen molar-refractivity contribution in [1.82, 2.24) is 4.57 Å². The molecule has 1 aromatic heterocycles. The lowest BCUT2D eigenvalue weighted by Gasteiger charge is -2.10. The minimum atomic E-state index is -0.898. The van der Waals surface area contributed by atoms with E-state index in [1.807, 2.05) is 53.1 Å². The number of nitrogens with zero attached hydrogens (tertiary/aromatic N) is 1. The van der Waals surface area contributed by atoms with Gasteiger partial charge in [0.25, 0.3) is 0 Å². The van der Waals surface area contributed by atoms with E-state index in [1.54, 1.807) is 25.3 Å². The topological polar surface area (TPSA) is 57.2 Å². The van der Waals surface area contributed by atoms with Crippen LogP contribution in [-0.4, -0.2) is 17.6 Å². The number of hydrogen-bond donors (Lipinski definition) is 1. The SMILES string of the molecule is COc1ccc(-c2ccc3c4c(C(N)=O)cccc4n(Cc4ccc(F)c(F)c4)c3c2)cc1. The van der Waals surface area contributed by atoms with E-state index in [0.717, 1.165) is 44.7 Å². The van der Waals surface area contributed by atoms with E-state index in [0.29, 0.717) is 17.7 Å². The molecule has 0 aliphatic rings. The number of aromatic nitrogens is 1. The Morgan fingerprint density at radius 3 is 2.33 bits per heavy atom. The fourth-order valence-electron chi connectivity index (χ4n) is 4.30. The number of ether oxygens (including phenoxy) is 1. The summed E-state index contributed by atoms with van der Waals surface area (Å²) >= 11 is 0. The molecule has 2 N–H and O–H groups in total. The Morgan fingerprint density at radius 1 is 0.879 bits per heavy atom. The molecule has 4 aromatic carbocycles. The van der Waals surface area contributed by atoms with Crippen LogP contribution in [0.5, 0.6) is 5.75 Å². The molecule has 0 unspecified atom stereocenters. The number of halogens is 2. The zero-order valence-corrected chi connectivity index (χ0v) is 17.8. The monoisotopic (exact) mass is 442 g/mol. The van der Waals surface area contributed by atoms with Gasteiger partial charge in [-0.2, -0.15) is 0 Å². The van der Waals surface area contributed by atoms with Gasteiger partial charge in [-0.15, -0.1) is 0 Å². The van der Waals surface area contributed by atoms with Crippen molar-refractivity contribution in [2.45, 2.75) is 6.54 Å². The number of hydrogen-bond acceptors (Lipinski definition) is 2. The Balaban J connectivity index is 1.76. The van der Waals surface area contributed by atoms with Crippen LogP contribution in [0.25, 0.3) is 32.9 Å². The van der Waals surface area contributed by atoms with E-state index < -0.39 is 17.5 Å². The second kappa shape index (κ2) is 8.06. The first-order valence-electron chi connectivity index (χ1n) is 10.4. The molecule has 0 atom stereocenters. The van der Waals surface area contributed by atoms with Crippen molar-refractivity contribution in [3.63, 3.8) is 0 Å². The molecule has 5 aromatic rings. The van der Waals surface area contributed by atoms with Crippen molar-refractivity contribution < 1.29 is 18.3 Å². The number of amides is 1. The second-order valence-electron chi connectivity index (χ2n) is 7.86. The fraction of sp³-hybridized carbons (Fsp3) is 0.0741. The molecular formula is C27H20F2N2O2. The van der Waals surface area contributed by atoms with E-state index in [2.05, 4.69) is 0 Å². The maximum absolute atomic E-state index is 13.9. The molecule has 0 aliphatic carbocycles. The van der Waals surface area contributed by atoms with E-state index in [9.17, 15) is 13.6 Å². The summed E-state index contributed by atoms with van der Waals surface area (Å²) in [6, 6.07) is 22.9. The summed E-state index contributed by atoms with van der Waals surface area (Å²) in [6.45, 7) is 0.297. The molecule has 1 heterocycles. The van der Waals surface area contributed by atoms with Crippen molar-refractivity contribution >= 4 is 27.7 Å². The molecule has 4 nitrogen and oxygen atoms in total. The van der Waals surface area contributed by atoms with Crippen molar-refractivity contribution in [3.05, 3.63) is 102 Å². The summed E-state index contributed by atoms with van der Waals surface area (Å²) in [4.78, 5) is 12.2. The van der Waals surface area contributed by atoms with Crippen LogP contribution in [0.4, 0.5) is 8.78 Å². The molecule has 0 bridgehead atoms. The number of methoxy groups -OCH3 is 1. The van der Waals surface area contributed by atoms with Gasteiger partial charge in [0, 0.05) is 22.9 Å². The van der Waals surface area contributed by atoms with Gasteiger partial charge in [-0.3, -0.25) is 4.79 Å². The minimum Gasteiger partial charge on any atom is -0.497 e. The second-order valence-corrected chi connectivity index (χ2v) is 7.86. The molecule has 0 radical (unpaired) electrons. The highest BCUT2D eigenvalue weighted by atomic mass is 19.2. The summed E-state index contributed by atoms with van der Waals surface area (Å²) in [5, 5.41) is 1.60. The summed E-state index contributed by atoms with van der Waals surface area (Å²) in [7, 11) is 1.62. The summed E-state index contributed by atoms with van der Waals surface area (Å²) in [6.07, 6.45) is 0. The number of fused-ring (bicyclic) bond motifs is 3. The fourth-order valence-corrected chi connectivity index (χ4v) is 4.30. The highest BCUT2D eigenvalue weighted by molar-refractivity contribution is 6.18. The van der Waals surface area contributed by atoms with E-state index in [1.165, 1.54) is 6.07 Å². The van der Waals surface area contributed by atoms with Gasteiger partial charge in [-0.05, 0) is 59.2 Å². The highest BCUT2D eigenvalue weighted by Gasteiger charge is 2.17. The Morgan fingerprint density at radius 2 is 1.64 bits per heavy atom. The number of nitrogens with two attached hydrogens (primary N) is 1. The van der Waals surface area contributed by atoms with Crippen LogP contribution in [-0.2, 0) is 6.54 Å². The van der Waals surface area contributed by atoms with Crippen molar-refractivity contribution in [2.75, 3.05) is 7.11 Å². The molecule has 5 rings (SSSR count). The van der Waals surface area contributed by atoms with E-state index >= 15 is 0 Å². The Kier molecular flexibility index (Phi) is 5.05. The smallest absolute Gasteiger partial charge is 0.249 e. The standard InChI is InChI=1S/C27H20F2N2O2/c1-33-19-9-6-17(7-10-19)18-8-11-20-25(14-18)31(15-16-5-12-22(28)23(29)13-16)24-4-2-3-21(26(20)24)27(30)32/h2-14H,15H2,1H3,(H2,30,32). The number of carbonyl (C=O) groups is 1. The predicted octanol–water partition coefficient (Wildman–Crippen LogP) is 5.90. The maximum Gasteiger partial charge on any atom is 0.249 e. The lowest BCUT2D eigenvalue weighted by Crippen LogP contribution is -2.11. The maximum atomic E-state index is 13.9. The lowest BCUT2D eigenvalue weighted by atomic mass is 10.0. The van der Waals surface area contributed by atoms with Crippen LogP contribution in [0.2, 0.25) is 0 Å². The number of benzene rings is 4. The van der Waals surface area contributed by atoms with Crippen molar-refractivity contribution in [3.8, 4) is 16.9 Å². The van der Waals surface area contributed by atoms with Crippen molar-refractivity contribution in [1.29, 1.82) is 0 Å². The van der Waals surface area contributed by atoms with Crippen LogP contribution in [0.1, 0.15) is 15.9 Å². The van der Waals surface area contributed by atoms with Gasteiger partial charge in [-0.1, -0.05) is 36.4 Å². The molecule has 1 amide bonds. The number of primary amides is 1. The molecule has 0 saturated carbocycles. The summed E-state index contributed by atoms with van der Waals surface area (Å²) in [5.74, 6) is -1.55. The summed E-state index contributed by atoms with van der Waals surface area (Å²) < 4.78 is 34.6. The third kappa shape index (κ3) is 3.59. The van der Waals surface area contributed by atoms with Crippen LogP contribution >= 0.6 is 0 Å². The van der Waals surface area contributed by atoms with Gasteiger partial charge in [-0.25, -0.2) is 8.78 Å². The minimum absolute atomic E-state index is 0.297. The quantitative estimate of drug-likeness (QED) is 0.369. The largest absolute Gasteiger partial charge is 0.497 e. The first kappa shape index (κ1) is 20.7. The van der Waals surface area contributed by atoms with Gasteiger partial charge in [0.1, 0.15) is 5.75 Å². The number of carbonyl (C=O) groups excluding carboxylic acids is 1. The van der Waals surface area contributed by atoms with E-state index in [-0.39, 0.29) is 0 Å². The zero-order chi connectivity index (χ0) is 23.1. The van der Waals surface area contributed by atoms with Gasteiger partial charge in [0.15, 0.2) is 11.6 Å². The summed E-state index contributed by atoms with van der Waals surface area (Å²) in [5.41, 5.74) is 10.3. The highest BCUT2D eigenvalue weighted by Crippen LogP contribution is 2.35. The molecule has 0 aliphatic heterocycles. The first-order chi connectivity index (χ1) is 16.0. The van der Waals surface area contributed by atoms with Crippen LogP contribution in [0.15, 0.2) is 78.9 Å². The molecule has 0 fully saturated rings. The molecular weight excluding hydrogens is 422 g/mol. The van der Waals surface area contributed by atoms with Gasteiger partial charge >= 0.3 is 0 Å². The van der Waals surface area contributed by atoms with Crippen LogP contribution in [0, 0.1) is 11.6 Å². The number of rotatable bonds is 5. The average molecular weight is 442 g/mol. The first-order valence-corrected chi connectivity index (χ1v) is 10.4. The molecule has 6 heteroatoms. The third-order valence-electron chi connectivity index (χ3n) is 5.90. The third-order valence-corrected chi connectivity index (χ3v) is 5.90. The van der Waals surface area contributed by atoms with E-state index in [4.69, 9.17) is 10.5 Å². The molecule has 164 valence electrons. The van der Waals surface area contributed by atoms with Gasteiger partial charge in [0.2, 0.25) is 5.91 Å². The average Bonchev–Trinajstić information content (AvgIpc) is 3.14. The molecule has 0 spiro atoms. The van der Waals surface area contributed by atoms with Crippen LogP contribution in [0.3, 0.4) is 0 Å². The molecule has 0 saturated heterocycles. The lowest BCUT2D eigenvalue weighted by molar-refractivity contribution is 0.100. The zero-order valence-electron chi connectivity index (χ0n) is 17.8. The van der Waals surface area contributed by atoms with Crippen LogP contribution < -0.4 is 10.5 Å². The Labute approximate surface area is 188 Å². The van der Waals surface area contributed by atoms with Gasteiger partial charge in [0.05, 0.1) is 18.1 Å². The Hall–Kier alpha value is -4.19. The van der Waals surface area contributed by atoms with Gasteiger partial charge < -0.3 is 15.0 Å². The van der Waals surface area contributed by atoms with Crippen molar-refractivity contribution in [2.24, 2.45) is 5.73 Å². The Bertz CT molecular complexity index is 1520. The molecule has 33 heavy (non-hydrogen) atoms.